The van der Waals surface area contributed by atoms with Gasteiger partial charge < -0.3 is 15.4 Å². The number of sulfonamides is 1. The molecule has 2 heterocycles. The van der Waals surface area contributed by atoms with Crippen LogP contribution in [0, 0.1) is 5.92 Å². The fraction of sp³-hybridized carbons (Fsp3) is 0.364. The quantitative estimate of drug-likeness (QED) is 0.685. The summed E-state index contributed by atoms with van der Waals surface area (Å²) in [5.41, 5.74) is 0.996. The van der Waals surface area contributed by atoms with Crippen LogP contribution in [0.2, 0.25) is 5.02 Å². The number of carbonyl (C=O) groups excluding carboxylic acids is 2. The Hall–Kier alpha value is -2.62. The molecule has 0 saturated carbocycles. The zero-order valence-corrected chi connectivity index (χ0v) is 19.1. The van der Waals surface area contributed by atoms with Crippen molar-refractivity contribution < 1.29 is 22.7 Å². The topological polar surface area (TPSA) is 105 Å². The van der Waals surface area contributed by atoms with Crippen LogP contribution >= 0.6 is 11.6 Å². The Morgan fingerprint density at radius 2 is 1.88 bits per heavy atom. The van der Waals surface area contributed by atoms with Crippen LogP contribution in [0.5, 0.6) is 5.75 Å². The van der Waals surface area contributed by atoms with Gasteiger partial charge in [0.15, 0.2) is 6.10 Å². The van der Waals surface area contributed by atoms with Gasteiger partial charge in [0.1, 0.15) is 5.75 Å². The van der Waals surface area contributed by atoms with Gasteiger partial charge in [0.2, 0.25) is 15.9 Å². The molecule has 0 aromatic heterocycles. The van der Waals surface area contributed by atoms with Crippen molar-refractivity contribution >= 4 is 44.8 Å². The third-order valence-electron chi connectivity index (χ3n) is 5.72. The number of halogens is 1. The zero-order valence-electron chi connectivity index (χ0n) is 17.5. The molecule has 0 spiro atoms. The van der Waals surface area contributed by atoms with E-state index in [2.05, 4.69) is 10.6 Å². The van der Waals surface area contributed by atoms with E-state index in [1.807, 2.05) is 6.92 Å². The minimum absolute atomic E-state index is 0.0826. The fourth-order valence-electron chi connectivity index (χ4n) is 3.84. The Labute approximate surface area is 191 Å². The van der Waals surface area contributed by atoms with Gasteiger partial charge in [-0.25, -0.2) is 8.42 Å². The molecule has 2 aromatic carbocycles. The lowest BCUT2D eigenvalue weighted by atomic mass is 9.97. The van der Waals surface area contributed by atoms with Crippen molar-refractivity contribution in [3.63, 3.8) is 0 Å². The largest absolute Gasteiger partial charge is 0.478 e. The second kappa shape index (κ2) is 9.09. The van der Waals surface area contributed by atoms with Crippen molar-refractivity contribution in [1.29, 1.82) is 0 Å². The van der Waals surface area contributed by atoms with Gasteiger partial charge in [-0.15, -0.1) is 0 Å². The first kappa shape index (κ1) is 22.6. The smallest absolute Gasteiger partial charge is 0.265 e. The summed E-state index contributed by atoms with van der Waals surface area (Å²) in [6.45, 7) is 2.31. The first-order chi connectivity index (χ1) is 15.3. The molecule has 1 fully saturated rings. The molecule has 1 atom stereocenters. The van der Waals surface area contributed by atoms with Crippen LogP contribution in [0.15, 0.2) is 47.4 Å². The highest BCUT2D eigenvalue weighted by Crippen LogP contribution is 2.34. The van der Waals surface area contributed by atoms with E-state index in [0.29, 0.717) is 41.4 Å². The van der Waals surface area contributed by atoms with E-state index in [-0.39, 0.29) is 35.7 Å². The number of anilines is 2. The highest BCUT2D eigenvalue weighted by atomic mass is 35.5. The zero-order chi connectivity index (χ0) is 22.9. The monoisotopic (exact) mass is 477 g/mol. The maximum atomic E-state index is 13.1. The maximum Gasteiger partial charge on any atom is 0.265 e. The number of fused-ring (bicyclic) bond motifs is 1. The van der Waals surface area contributed by atoms with E-state index in [0.717, 1.165) is 0 Å². The predicted octanol–water partition coefficient (Wildman–Crippen LogP) is 3.49. The summed E-state index contributed by atoms with van der Waals surface area (Å²) in [6, 6.07) is 11.3. The lowest BCUT2D eigenvalue weighted by molar-refractivity contribution is -0.123. The number of piperidine rings is 1. The molecule has 8 nitrogen and oxygen atoms in total. The molecular formula is C22H24ClN3O5S. The van der Waals surface area contributed by atoms with Crippen molar-refractivity contribution in [2.45, 2.75) is 37.2 Å². The Balaban J connectivity index is 1.41. The number of carbonyl (C=O) groups is 2. The molecular weight excluding hydrogens is 454 g/mol. The normalized spacial score (nSPS) is 19.6. The molecule has 32 heavy (non-hydrogen) atoms. The van der Waals surface area contributed by atoms with Crippen molar-refractivity contribution in [1.82, 2.24) is 4.31 Å². The lowest BCUT2D eigenvalue weighted by Gasteiger charge is -2.31. The van der Waals surface area contributed by atoms with Gasteiger partial charge in [-0.2, -0.15) is 4.31 Å². The van der Waals surface area contributed by atoms with Gasteiger partial charge >= 0.3 is 0 Å². The van der Waals surface area contributed by atoms with Gasteiger partial charge in [0.05, 0.1) is 10.6 Å². The molecule has 170 valence electrons. The third kappa shape index (κ3) is 4.60. The molecule has 0 aliphatic carbocycles. The molecule has 2 aliphatic rings. The molecule has 2 aliphatic heterocycles. The summed E-state index contributed by atoms with van der Waals surface area (Å²) >= 11 is 5.86. The van der Waals surface area contributed by atoms with Gasteiger partial charge in [0, 0.05) is 29.7 Å². The van der Waals surface area contributed by atoms with Crippen molar-refractivity contribution in [2.75, 3.05) is 23.7 Å². The van der Waals surface area contributed by atoms with Crippen molar-refractivity contribution in [3.8, 4) is 5.75 Å². The molecule has 2 aromatic rings. The van der Waals surface area contributed by atoms with Gasteiger partial charge in [-0.1, -0.05) is 18.5 Å². The number of benzene rings is 2. The lowest BCUT2D eigenvalue weighted by Crippen LogP contribution is -2.41. The Morgan fingerprint density at radius 1 is 1.19 bits per heavy atom. The summed E-state index contributed by atoms with van der Waals surface area (Å²) in [5.74, 6) is -0.252. The summed E-state index contributed by atoms with van der Waals surface area (Å²) < 4.78 is 33.3. The minimum Gasteiger partial charge on any atom is -0.478 e. The predicted molar refractivity (Wildman–Crippen MR) is 121 cm³/mol. The van der Waals surface area contributed by atoms with E-state index < -0.39 is 16.1 Å². The maximum absolute atomic E-state index is 13.1. The van der Waals surface area contributed by atoms with E-state index >= 15 is 0 Å². The van der Waals surface area contributed by atoms with E-state index in [4.69, 9.17) is 16.3 Å². The Morgan fingerprint density at radius 3 is 2.53 bits per heavy atom. The second-order valence-electron chi connectivity index (χ2n) is 7.84. The summed E-state index contributed by atoms with van der Waals surface area (Å²) in [7, 11) is -3.76. The van der Waals surface area contributed by atoms with Crippen LogP contribution in [0.1, 0.15) is 26.2 Å². The number of nitrogens with one attached hydrogen (secondary N) is 2. The van der Waals surface area contributed by atoms with Crippen molar-refractivity contribution in [2.24, 2.45) is 5.92 Å². The summed E-state index contributed by atoms with van der Waals surface area (Å²) in [5, 5.41) is 6.15. The van der Waals surface area contributed by atoms with Crippen LogP contribution in [-0.2, 0) is 19.6 Å². The first-order valence-electron chi connectivity index (χ1n) is 10.5. The molecule has 2 N–H and O–H groups in total. The van der Waals surface area contributed by atoms with Crippen molar-refractivity contribution in [3.05, 3.63) is 47.5 Å². The summed E-state index contributed by atoms with van der Waals surface area (Å²) in [4.78, 5) is 24.7. The highest BCUT2D eigenvalue weighted by Gasteiger charge is 2.33. The standard InChI is InChI=1S/C22H24ClN3O5S/c1-2-19-22(28)25-18-13-17(7-8-20(18)31-19)32(29,30)26-11-9-14(10-12-26)21(27)24-16-5-3-15(23)4-6-16/h3-8,13-14,19H,2,9-12H2,1H3,(H,24,27)(H,25,28)/t19-/m0/s1. The molecule has 2 amide bonds. The average molecular weight is 478 g/mol. The number of nitrogens with zero attached hydrogens (tertiary/aromatic N) is 1. The van der Waals surface area contributed by atoms with Crippen LogP contribution in [0.4, 0.5) is 11.4 Å². The third-order valence-corrected chi connectivity index (χ3v) is 7.86. The van der Waals surface area contributed by atoms with Crippen LogP contribution in [-0.4, -0.2) is 43.7 Å². The van der Waals surface area contributed by atoms with Crippen LogP contribution < -0.4 is 15.4 Å². The number of ether oxygens (including phenoxy) is 1. The molecule has 0 radical (unpaired) electrons. The number of amides is 2. The molecule has 0 unspecified atom stereocenters. The van der Waals surface area contributed by atoms with E-state index in [9.17, 15) is 18.0 Å². The second-order valence-corrected chi connectivity index (χ2v) is 10.2. The van der Waals surface area contributed by atoms with E-state index in [1.165, 1.54) is 16.4 Å². The van der Waals surface area contributed by atoms with E-state index in [1.54, 1.807) is 30.3 Å². The highest BCUT2D eigenvalue weighted by molar-refractivity contribution is 7.89. The van der Waals surface area contributed by atoms with Crippen LogP contribution in [0.25, 0.3) is 0 Å². The SMILES string of the molecule is CC[C@@H]1Oc2ccc(S(=O)(=O)N3CCC(C(=O)Nc4ccc(Cl)cc4)CC3)cc2NC1=O. The molecule has 10 heteroatoms. The Bertz CT molecular complexity index is 1130. The summed E-state index contributed by atoms with van der Waals surface area (Å²) in [6.07, 6.45) is 0.776. The average Bonchev–Trinajstić information content (AvgIpc) is 2.79. The molecule has 0 bridgehead atoms. The fourth-order valence-corrected chi connectivity index (χ4v) is 5.47. The number of hydrogen-bond acceptors (Lipinski definition) is 5. The number of hydrogen-bond donors (Lipinski definition) is 2. The first-order valence-corrected chi connectivity index (χ1v) is 12.3. The van der Waals surface area contributed by atoms with Gasteiger partial charge in [0.25, 0.3) is 5.91 Å². The van der Waals surface area contributed by atoms with Gasteiger partial charge in [-0.3, -0.25) is 9.59 Å². The number of rotatable bonds is 5. The molecule has 4 rings (SSSR count). The van der Waals surface area contributed by atoms with Crippen LogP contribution in [0.3, 0.4) is 0 Å². The minimum atomic E-state index is -3.76. The Kier molecular flexibility index (Phi) is 6.41. The molecule has 1 saturated heterocycles. The van der Waals surface area contributed by atoms with Gasteiger partial charge in [-0.05, 0) is 61.7 Å².